The highest BCUT2D eigenvalue weighted by molar-refractivity contribution is 6.22. The summed E-state index contributed by atoms with van der Waals surface area (Å²) < 4.78 is 6.52. The molecule has 0 spiro atoms. The number of hydrogen-bond acceptors (Lipinski definition) is 2. The van der Waals surface area contributed by atoms with E-state index in [-0.39, 0.29) is 0 Å². The van der Waals surface area contributed by atoms with Gasteiger partial charge < -0.3 is 9.32 Å². The molecule has 9 aromatic carbocycles. The Balaban J connectivity index is 0.998. The lowest BCUT2D eigenvalue weighted by molar-refractivity contribution is 0.669. The van der Waals surface area contributed by atoms with Gasteiger partial charge in [0.2, 0.25) is 0 Å². The van der Waals surface area contributed by atoms with Gasteiger partial charge in [0.15, 0.2) is 0 Å². The number of hydrogen-bond donors (Lipinski definition) is 0. The van der Waals surface area contributed by atoms with Crippen LogP contribution in [0.25, 0.3) is 77.2 Å². The van der Waals surface area contributed by atoms with Crippen LogP contribution in [0, 0.1) is 0 Å². The molecule has 0 unspecified atom stereocenters. The van der Waals surface area contributed by atoms with E-state index in [2.05, 4.69) is 217 Å². The molecule has 1 aromatic heterocycles. The lowest BCUT2D eigenvalue weighted by Gasteiger charge is -2.26. The monoisotopic (exact) mass is 689 g/mol. The minimum atomic E-state index is 0.897. The molecule has 0 aliphatic rings. The van der Waals surface area contributed by atoms with Crippen LogP contribution in [0.5, 0.6) is 0 Å². The van der Waals surface area contributed by atoms with E-state index >= 15 is 0 Å². The zero-order valence-electron chi connectivity index (χ0n) is 29.6. The molecule has 2 heteroatoms. The molecule has 0 atom stereocenters. The van der Waals surface area contributed by atoms with E-state index in [4.69, 9.17) is 4.42 Å². The number of nitrogens with zero attached hydrogens (tertiary/aromatic N) is 1. The maximum absolute atomic E-state index is 6.52. The lowest BCUT2D eigenvalue weighted by Crippen LogP contribution is -2.09. The summed E-state index contributed by atoms with van der Waals surface area (Å²) in [6.07, 6.45) is 0. The molecule has 0 radical (unpaired) electrons. The topological polar surface area (TPSA) is 16.4 Å². The first-order valence-corrected chi connectivity index (χ1v) is 18.4. The molecule has 0 N–H and O–H groups in total. The molecule has 0 amide bonds. The molecular formula is C52H35NO. The summed E-state index contributed by atoms with van der Waals surface area (Å²) >= 11 is 0. The number of para-hydroxylation sites is 1. The molecule has 54 heavy (non-hydrogen) atoms. The van der Waals surface area contributed by atoms with Crippen molar-refractivity contribution >= 4 is 49.8 Å². The van der Waals surface area contributed by atoms with Gasteiger partial charge in [-0.2, -0.15) is 0 Å². The van der Waals surface area contributed by atoms with E-state index in [9.17, 15) is 0 Å². The molecule has 0 aliphatic carbocycles. The molecule has 0 bridgehead atoms. The Bertz CT molecular complexity index is 2890. The van der Waals surface area contributed by atoms with Crippen molar-refractivity contribution in [3.05, 3.63) is 212 Å². The van der Waals surface area contributed by atoms with Crippen LogP contribution in [0.4, 0.5) is 17.1 Å². The van der Waals surface area contributed by atoms with Gasteiger partial charge in [0, 0.05) is 27.8 Å². The fourth-order valence-electron chi connectivity index (χ4n) is 7.82. The van der Waals surface area contributed by atoms with Crippen LogP contribution < -0.4 is 4.90 Å². The Labute approximate surface area is 314 Å². The summed E-state index contributed by atoms with van der Waals surface area (Å²) in [7, 11) is 0. The van der Waals surface area contributed by atoms with Crippen molar-refractivity contribution < 1.29 is 4.42 Å². The molecule has 10 aromatic rings. The van der Waals surface area contributed by atoms with Gasteiger partial charge in [-0.15, -0.1) is 0 Å². The Morgan fingerprint density at radius 3 is 1.41 bits per heavy atom. The highest BCUT2D eigenvalue weighted by Gasteiger charge is 2.17. The quantitative estimate of drug-likeness (QED) is 0.166. The van der Waals surface area contributed by atoms with Crippen LogP contribution in [0.15, 0.2) is 217 Å². The largest absolute Gasteiger partial charge is 0.456 e. The Morgan fingerprint density at radius 1 is 0.278 bits per heavy atom. The third-order valence-electron chi connectivity index (χ3n) is 10.5. The maximum atomic E-state index is 6.52. The first kappa shape index (κ1) is 31.6. The van der Waals surface area contributed by atoms with Crippen molar-refractivity contribution in [2.45, 2.75) is 0 Å². The van der Waals surface area contributed by atoms with E-state index in [1.54, 1.807) is 0 Å². The summed E-state index contributed by atoms with van der Waals surface area (Å²) in [5.74, 6) is 0. The SMILES string of the molecule is c1ccc(-c2ccc(N(c3ccccc3)c3ccc(-c4cccc(-c5ccc6oc7cc(-c8ccccc8)c8ccccc8c7c6c5)c4)cc3)cc2)cc1. The maximum Gasteiger partial charge on any atom is 0.136 e. The highest BCUT2D eigenvalue weighted by atomic mass is 16.3. The van der Waals surface area contributed by atoms with Crippen LogP contribution >= 0.6 is 0 Å². The van der Waals surface area contributed by atoms with Crippen molar-refractivity contribution in [3.8, 4) is 44.5 Å². The van der Waals surface area contributed by atoms with Crippen LogP contribution in [0.1, 0.15) is 0 Å². The third-order valence-corrected chi connectivity index (χ3v) is 10.5. The van der Waals surface area contributed by atoms with Gasteiger partial charge in [0.25, 0.3) is 0 Å². The molecule has 0 aliphatic heterocycles. The second kappa shape index (κ2) is 13.4. The van der Waals surface area contributed by atoms with E-state index in [1.807, 2.05) is 0 Å². The number of benzene rings is 9. The van der Waals surface area contributed by atoms with Crippen LogP contribution in [-0.4, -0.2) is 0 Å². The first-order valence-electron chi connectivity index (χ1n) is 18.4. The van der Waals surface area contributed by atoms with Crippen molar-refractivity contribution in [2.24, 2.45) is 0 Å². The molecular weight excluding hydrogens is 655 g/mol. The van der Waals surface area contributed by atoms with Crippen molar-refractivity contribution in [1.82, 2.24) is 0 Å². The number of rotatable bonds is 7. The summed E-state index contributed by atoms with van der Waals surface area (Å²) in [5, 5.41) is 4.72. The van der Waals surface area contributed by atoms with Gasteiger partial charge in [0.1, 0.15) is 11.2 Å². The average molecular weight is 690 g/mol. The minimum Gasteiger partial charge on any atom is -0.456 e. The number of anilines is 3. The number of fused-ring (bicyclic) bond motifs is 5. The van der Waals surface area contributed by atoms with Crippen molar-refractivity contribution in [1.29, 1.82) is 0 Å². The van der Waals surface area contributed by atoms with Crippen molar-refractivity contribution in [3.63, 3.8) is 0 Å². The average Bonchev–Trinajstić information content (AvgIpc) is 3.63. The van der Waals surface area contributed by atoms with E-state index in [0.717, 1.165) is 44.6 Å². The molecule has 10 rings (SSSR count). The van der Waals surface area contributed by atoms with Crippen molar-refractivity contribution in [2.75, 3.05) is 4.90 Å². The molecule has 0 fully saturated rings. The third kappa shape index (κ3) is 5.71. The molecule has 1 heterocycles. The van der Waals surface area contributed by atoms with Crippen LogP contribution in [0.2, 0.25) is 0 Å². The lowest BCUT2D eigenvalue weighted by atomic mass is 9.94. The van der Waals surface area contributed by atoms with Gasteiger partial charge in [-0.1, -0.05) is 152 Å². The molecule has 254 valence electrons. The fourth-order valence-corrected chi connectivity index (χ4v) is 7.82. The predicted molar refractivity (Wildman–Crippen MR) is 228 cm³/mol. The Hall–Kier alpha value is -7.16. The van der Waals surface area contributed by atoms with Gasteiger partial charge in [0.05, 0.1) is 0 Å². The van der Waals surface area contributed by atoms with Gasteiger partial charge in [-0.3, -0.25) is 0 Å². The van der Waals surface area contributed by atoms with Gasteiger partial charge in [-0.25, -0.2) is 0 Å². The fraction of sp³-hybridized carbons (Fsp3) is 0. The zero-order valence-corrected chi connectivity index (χ0v) is 29.6. The second-order valence-electron chi connectivity index (χ2n) is 13.7. The predicted octanol–water partition coefficient (Wildman–Crippen LogP) is 14.9. The summed E-state index contributed by atoms with van der Waals surface area (Å²) in [6, 6.07) is 75.7. The zero-order chi connectivity index (χ0) is 35.8. The Morgan fingerprint density at radius 2 is 0.741 bits per heavy atom. The molecule has 0 saturated heterocycles. The van der Waals surface area contributed by atoms with Crippen LogP contribution in [-0.2, 0) is 0 Å². The standard InChI is InChI=1S/C52H35NO/c1-4-13-36(14-5-1)37-23-28-44(29-24-37)53(43-19-8-3-9-20-43)45-30-25-38(26-31-45)40-17-12-18-41(33-40)42-27-32-50-49(34-42)52-47-22-11-10-21-46(47)48(35-51(52)54-50)39-15-6-2-7-16-39/h1-35H. The first-order chi connectivity index (χ1) is 26.8. The Kier molecular flexibility index (Phi) is 7.85. The van der Waals surface area contributed by atoms with E-state index in [0.29, 0.717) is 0 Å². The highest BCUT2D eigenvalue weighted by Crippen LogP contribution is 2.42. The van der Waals surface area contributed by atoms with Gasteiger partial charge in [-0.05, 0) is 116 Å². The summed E-state index contributed by atoms with van der Waals surface area (Å²) in [4.78, 5) is 2.31. The molecule has 2 nitrogen and oxygen atoms in total. The summed E-state index contributed by atoms with van der Waals surface area (Å²) in [5.41, 5.74) is 14.6. The molecule has 0 saturated carbocycles. The van der Waals surface area contributed by atoms with E-state index < -0.39 is 0 Å². The smallest absolute Gasteiger partial charge is 0.136 e. The second-order valence-corrected chi connectivity index (χ2v) is 13.7. The van der Waals surface area contributed by atoms with Gasteiger partial charge >= 0.3 is 0 Å². The number of furan rings is 1. The van der Waals surface area contributed by atoms with Crippen LogP contribution in [0.3, 0.4) is 0 Å². The summed E-state index contributed by atoms with van der Waals surface area (Å²) in [6.45, 7) is 0. The minimum absolute atomic E-state index is 0.897. The normalized spacial score (nSPS) is 11.3. The van der Waals surface area contributed by atoms with E-state index in [1.165, 1.54) is 49.7 Å².